The molecule has 0 fully saturated rings. The number of rotatable bonds is 7. The van der Waals surface area contributed by atoms with Crippen LogP contribution in [0.4, 0.5) is 11.4 Å². The fraction of sp³-hybridized carbons (Fsp3) is 0.100. The van der Waals surface area contributed by atoms with E-state index in [-0.39, 0.29) is 5.69 Å². The molecule has 0 atom stereocenters. The van der Waals surface area contributed by atoms with E-state index in [9.17, 15) is 10.1 Å². The van der Waals surface area contributed by atoms with Crippen molar-refractivity contribution in [2.75, 3.05) is 5.32 Å². The average molecular weight is 448 g/mol. The molecule has 3 aromatic rings. The van der Waals surface area contributed by atoms with Gasteiger partial charge < -0.3 is 10.1 Å². The summed E-state index contributed by atoms with van der Waals surface area (Å²) < 4.78 is 6.80. The molecule has 0 aliphatic heterocycles. The molecule has 0 aliphatic carbocycles. The molecule has 5 nitrogen and oxygen atoms in total. The lowest BCUT2D eigenvalue weighted by atomic mass is 10.2. The van der Waals surface area contributed by atoms with Gasteiger partial charge in [0.05, 0.1) is 9.95 Å². The van der Waals surface area contributed by atoms with Crippen LogP contribution in [0, 0.1) is 10.1 Å². The first-order valence-corrected chi connectivity index (χ1v) is 9.32. The normalized spacial score (nSPS) is 10.4. The lowest BCUT2D eigenvalue weighted by molar-refractivity contribution is -0.384. The van der Waals surface area contributed by atoms with Crippen molar-refractivity contribution in [3.8, 4) is 5.75 Å². The highest BCUT2D eigenvalue weighted by Gasteiger charge is 2.07. The summed E-state index contributed by atoms with van der Waals surface area (Å²) >= 11 is 9.72. The Labute approximate surface area is 170 Å². The van der Waals surface area contributed by atoms with Crippen molar-refractivity contribution in [3.05, 3.63) is 97.5 Å². The zero-order valence-corrected chi connectivity index (χ0v) is 16.5. The van der Waals surface area contributed by atoms with Crippen molar-refractivity contribution in [1.29, 1.82) is 0 Å². The second-order valence-corrected chi connectivity index (χ2v) is 7.16. The second kappa shape index (κ2) is 8.88. The van der Waals surface area contributed by atoms with Crippen molar-refractivity contribution < 1.29 is 9.66 Å². The molecule has 7 heteroatoms. The number of nitro benzene ring substituents is 1. The van der Waals surface area contributed by atoms with Gasteiger partial charge >= 0.3 is 0 Å². The van der Waals surface area contributed by atoms with Crippen LogP contribution >= 0.6 is 27.5 Å². The Hall–Kier alpha value is -2.57. The third-order valence-corrected chi connectivity index (χ3v) is 4.68. The molecule has 0 heterocycles. The van der Waals surface area contributed by atoms with Gasteiger partial charge in [-0.2, -0.15) is 0 Å². The van der Waals surface area contributed by atoms with Crippen LogP contribution in [-0.4, -0.2) is 4.92 Å². The van der Waals surface area contributed by atoms with Gasteiger partial charge in [-0.05, 0) is 41.5 Å². The highest BCUT2D eigenvalue weighted by atomic mass is 79.9. The van der Waals surface area contributed by atoms with Crippen LogP contribution in [0.3, 0.4) is 0 Å². The average Bonchev–Trinajstić information content (AvgIpc) is 2.67. The third kappa shape index (κ3) is 5.45. The molecule has 0 aromatic heterocycles. The summed E-state index contributed by atoms with van der Waals surface area (Å²) in [5.74, 6) is 0.610. The van der Waals surface area contributed by atoms with Crippen LogP contribution < -0.4 is 10.1 Å². The van der Waals surface area contributed by atoms with Crippen molar-refractivity contribution in [2.24, 2.45) is 0 Å². The molecule has 1 N–H and O–H groups in total. The zero-order valence-electron chi connectivity index (χ0n) is 14.2. The standard InChI is InChI=1S/C20H16BrClN2O3/c21-16-7-4-14(5-8-16)13-27-20-9-6-15(10-19(20)22)12-23-17-2-1-3-18(11-17)24(25)26/h1-11,23H,12-13H2. The molecular weight excluding hydrogens is 432 g/mol. The summed E-state index contributed by atoms with van der Waals surface area (Å²) in [5, 5.41) is 14.5. The number of hydrogen-bond donors (Lipinski definition) is 1. The van der Waals surface area contributed by atoms with Gasteiger partial charge in [0.1, 0.15) is 12.4 Å². The highest BCUT2D eigenvalue weighted by molar-refractivity contribution is 9.10. The number of nitrogens with one attached hydrogen (secondary N) is 1. The molecule has 138 valence electrons. The van der Waals surface area contributed by atoms with Crippen molar-refractivity contribution in [3.63, 3.8) is 0 Å². The Kier molecular flexibility index (Phi) is 6.32. The fourth-order valence-corrected chi connectivity index (χ4v) is 2.97. The maximum Gasteiger partial charge on any atom is 0.271 e. The Morgan fingerprint density at radius 2 is 1.78 bits per heavy atom. The zero-order chi connectivity index (χ0) is 19.2. The maximum atomic E-state index is 10.8. The van der Waals surface area contributed by atoms with Gasteiger partial charge in [-0.25, -0.2) is 0 Å². The lowest BCUT2D eigenvalue weighted by Crippen LogP contribution is -2.01. The maximum absolute atomic E-state index is 10.8. The second-order valence-electron chi connectivity index (χ2n) is 5.84. The van der Waals surface area contributed by atoms with E-state index in [1.54, 1.807) is 12.1 Å². The molecule has 0 amide bonds. The summed E-state index contributed by atoms with van der Waals surface area (Å²) in [6.07, 6.45) is 0. The monoisotopic (exact) mass is 446 g/mol. The van der Waals surface area contributed by atoms with E-state index in [1.165, 1.54) is 12.1 Å². The highest BCUT2D eigenvalue weighted by Crippen LogP contribution is 2.27. The number of benzene rings is 3. The number of hydrogen-bond acceptors (Lipinski definition) is 4. The minimum absolute atomic E-state index is 0.0507. The van der Waals surface area contributed by atoms with Gasteiger partial charge in [-0.3, -0.25) is 10.1 Å². The number of nitrogens with zero attached hydrogens (tertiary/aromatic N) is 1. The topological polar surface area (TPSA) is 64.4 Å². The number of ether oxygens (including phenoxy) is 1. The lowest BCUT2D eigenvalue weighted by Gasteiger charge is -2.11. The van der Waals surface area contributed by atoms with Crippen molar-refractivity contribution in [2.45, 2.75) is 13.2 Å². The molecule has 0 saturated carbocycles. The van der Waals surface area contributed by atoms with E-state index >= 15 is 0 Å². The predicted octanol–water partition coefficient (Wildman–Crippen LogP) is 6.20. The molecule has 3 rings (SSSR count). The molecule has 0 unspecified atom stereocenters. The van der Waals surface area contributed by atoms with Crippen LogP contribution in [0.2, 0.25) is 5.02 Å². The number of halogens is 2. The summed E-state index contributed by atoms with van der Waals surface area (Å²) in [4.78, 5) is 10.4. The fourth-order valence-electron chi connectivity index (χ4n) is 2.45. The van der Waals surface area contributed by atoms with E-state index in [4.69, 9.17) is 16.3 Å². The number of nitro groups is 1. The largest absolute Gasteiger partial charge is 0.487 e. The third-order valence-electron chi connectivity index (χ3n) is 3.86. The van der Waals surface area contributed by atoms with Crippen LogP contribution in [0.15, 0.2) is 71.2 Å². The Morgan fingerprint density at radius 3 is 2.48 bits per heavy atom. The predicted molar refractivity (Wildman–Crippen MR) is 110 cm³/mol. The summed E-state index contributed by atoms with van der Waals surface area (Å²) in [6, 6.07) is 19.8. The van der Waals surface area contributed by atoms with Gasteiger partial charge in [0.15, 0.2) is 0 Å². The van der Waals surface area contributed by atoms with Crippen molar-refractivity contribution >= 4 is 38.9 Å². The molecule has 0 aliphatic rings. The van der Waals surface area contributed by atoms with Gasteiger partial charge in [0, 0.05) is 28.8 Å². The SMILES string of the molecule is O=[N+]([O-])c1cccc(NCc2ccc(OCc3ccc(Br)cc3)c(Cl)c2)c1. The smallest absolute Gasteiger partial charge is 0.271 e. The van der Waals surface area contributed by atoms with E-state index in [1.807, 2.05) is 42.5 Å². The molecule has 27 heavy (non-hydrogen) atoms. The molecule has 0 bridgehead atoms. The van der Waals surface area contributed by atoms with Gasteiger partial charge in [0.2, 0.25) is 0 Å². The quantitative estimate of drug-likeness (QED) is 0.346. The first-order valence-electron chi connectivity index (χ1n) is 8.15. The molecular formula is C20H16BrClN2O3. The van der Waals surface area contributed by atoms with Crippen LogP contribution in [0.1, 0.15) is 11.1 Å². The minimum Gasteiger partial charge on any atom is -0.487 e. The first kappa shape index (κ1) is 19.2. The summed E-state index contributed by atoms with van der Waals surface area (Å²) in [5.41, 5.74) is 2.72. The van der Waals surface area contributed by atoms with E-state index in [0.29, 0.717) is 29.6 Å². The Morgan fingerprint density at radius 1 is 1.04 bits per heavy atom. The van der Waals surface area contributed by atoms with Gasteiger partial charge in [-0.15, -0.1) is 0 Å². The Bertz CT molecular complexity index is 948. The van der Waals surface area contributed by atoms with Crippen LogP contribution in [0.5, 0.6) is 5.75 Å². The Balaban J connectivity index is 1.60. The van der Waals surface area contributed by atoms with Crippen LogP contribution in [-0.2, 0) is 13.2 Å². The molecule has 0 saturated heterocycles. The van der Waals surface area contributed by atoms with Crippen LogP contribution in [0.25, 0.3) is 0 Å². The van der Waals surface area contributed by atoms with E-state index in [2.05, 4.69) is 21.2 Å². The summed E-state index contributed by atoms with van der Waals surface area (Å²) in [6.45, 7) is 0.923. The first-order chi connectivity index (χ1) is 13.0. The van der Waals surface area contributed by atoms with Crippen molar-refractivity contribution in [1.82, 2.24) is 0 Å². The molecule has 0 spiro atoms. The number of anilines is 1. The molecule has 0 radical (unpaired) electrons. The van der Waals surface area contributed by atoms with E-state index < -0.39 is 4.92 Å². The number of non-ortho nitro benzene ring substituents is 1. The van der Waals surface area contributed by atoms with Gasteiger partial charge in [-0.1, -0.05) is 51.8 Å². The van der Waals surface area contributed by atoms with E-state index in [0.717, 1.165) is 15.6 Å². The van der Waals surface area contributed by atoms with Gasteiger partial charge in [0.25, 0.3) is 5.69 Å². The summed E-state index contributed by atoms with van der Waals surface area (Å²) in [7, 11) is 0. The molecule has 3 aromatic carbocycles. The minimum atomic E-state index is -0.417.